The summed E-state index contributed by atoms with van der Waals surface area (Å²) in [5.74, 6) is 1.08. The molecule has 0 saturated carbocycles. The summed E-state index contributed by atoms with van der Waals surface area (Å²) in [5, 5.41) is 7.56. The SMILES string of the molecule is CC(Cl)c1nnc(Cc2ccccc2)o1. The fraction of sp³-hybridized carbons (Fsp3) is 0.273. The molecule has 0 amide bonds. The molecule has 3 nitrogen and oxygen atoms in total. The Morgan fingerprint density at radius 3 is 2.60 bits per heavy atom. The second kappa shape index (κ2) is 4.45. The first-order valence-corrected chi connectivity index (χ1v) is 5.19. The lowest BCUT2D eigenvalue weighted by Crippen LogP contribution is -1.87. The van der Waals surface area contributed by atoms with E-state index in [0.29, 0.717) is 18.2 Å². The van der Waals surface area contributed by atoms with Gasteiger partial charge >= 0.3 is 0 Å². The Hall–Kier alpha value is -1.35. The molecule has 1 atom stereocenters. The van der Waals surface area contributed by atoms with E-state index in [-0.39, 0.29) is 5.38 Å². The van der Waals surface area contributed by atoms with Crippen LogP contribution in [0.25, 0.3) is 0 Å². The monoisotopic (exact) mass is 222 g/mol. The van der Waals surface area contributed by atoms with Crippen molar-refractivity contribution in [2.75, 3.05) is 0 Å². The maximum Gasteiger partial charge on any atom is 0.234 e. The summed E-state index contributed by atoms with van der Waals surface area (Å²) >= 11 is 5.82. The molecule has 0 spiro atoms. The van der Waals surface area contributed by atoms with Crippen LogP contribution in [0.2, 0.25) is 0 Å². The average Bonchev–Trinajstić information content (AvgIpc) is 2.68. The van der Waals surface area contributed by atoms with Crippen molar-refractivity contribution in [1.29, 1.82) is 0 Å². The second-order valence-electron chi connectivity index (χ2n) is 3.31. The summed E-state index contributed by atoms with van der Waals surface area (Å²) < 4.78 is 5.39. The van der Waals surface area contributed by atoms with Crippen molar-refractivity contribution in [3.8, 4) is 0 Å². The maximum atomic E-state index is 5.82. The minimum absolute atomic E-state index is 0.234. The van der Waals surface area contributed by atoms with Gasteiger partial charge < -0.3 is 4.42 Å². The Labute approximate surface area is 93.1 Å². The van der Waals surface area contributed by atoms with Crippen LogP contribution < -0.4 is 0 Å². The zero-order chi connectivity index (χ0) is 10.7. The molecule has 0 fully saturated rings. The first kappa shape index (κ1) is 10.2. The third kappa shape index (κ3) is 2.57. The van der Waals surface area contributed by atoms with Gasteiger partial charge in [0.15, 0.2) is 0 Å². The average molecular weight is 223 g/mol. The number of benzene rings is 1. The Morgan fingerprint density at radius 2 is 2.00 bits per heavy atom. The molecule has 1 aromatic carbocycles. The van der Waals surface area contributed by atoms with Gasteiger partial charge in [-0.05, 0) is 12.5 Å². The molecule has 0 radical (unpaired) electrons. The molecule has 0 bridgehead atoms. The minimum Gasteiger partial charge on any atom is -0.423 e. The molecule has 15 heavy (non-hydrogen) atoms. The van der Waals surface area contributed by atoms with Crippen molar-refractivity contribution < 1.29 is 4.42 Å². The van der Waals surface area contributed by atoms with Gasteiger partial charge in [0.1, 0.15) is 5.38 Å². The summed E-state index contributed by atoms with van der Waals surface area (Å²) in [4.78, 5) is 0. The molecule has 1 heterocycles. The third-order valence-corrected chi connectivity index (χ3v) is 2.21. The Balaban J connectivity index is 2.12. The van der Waals surface area contributed by atoms with E-state index < -0.39 is 0 Å². The molecule has 4 heteroatoms. The second-order valence-corrected chi connectivity index (χ2v) is 3.97. The van der Waals surface area contributed by atoms with Crippen LogP contribution in [0.5, 0.6) is 0 Å². The lowest BCUT2D eigenvalue weighted by Gasteiger charge is -1.95. The van der Waals surface area contributed by atoms with Crippen molar-refractivity contribution in [3.05, 3.63) is 47.7 Å². The van der Waals surface area contributed by atoms with E-state index in [1.165, 1.54) is 0 Å². The molecule has 0 N–H and O–H groups in total. The van der Waals surface area contributed by atoms with Crippen molar-refractivity contribution >= 4 is 11.6 Å². The number of hydrogen-bond acceptors (Lipinski definition) is 3. The topological polar surface area (TPSA) is 38.9 Å². The zero-order valence-electron chi connectivity index (χ0n) is 8.35. The number of halogens is 1. The van der Waals surface area contributed by atoms with E-state index in [4.69, 9.17) is 16.0 Å². The van der Waals surface area contributed by atoms with Gasteiger partial charge in [0.05, 0.1) is 6.42 Å². The third-order valence-electron chi connectivity index (χ3n) is 2.02. The maximum absolute atomic E-state index is 5.82. The van der Waals surface area contributed by atoms with E-state index in [1.807, 2.05) is 30.3 Å². The predicted molar refractivity (Wildman–Crippen MR) is 57.8 cm³/mol. The molecular formula is C11H11ClN2O. The normalized spacial score (nSPS) is 12.7. The van der Waals surface area contributed by atoms with Crippen LogP contribution in [0.1, 0.15) is 29.6 Å². The van der Waals surface area contributed by atoms with Crippen LogP contribution in [0.15, 0.2) is 34.7 Å². The summed E-state index contributed by atoms with van der Waals surface area (Å²) in [5.41, 5.74) is 1.15. The van der Waals surface area contributed by atoms with Gasteiger partial charge in [-0.2, -0.15) is 0 Å². The number of alkyl halides is 1. The highest BCUT2D eigenvalue weighted by Gasteiger charge is 2.10. The largest absolute Gasteiger partial charge is 0.423 e. The number of aromatic nitrogens is 2. The van der Waals surface area contributed by atoms with Crippen molar-refractivity contribution in [1.82, 2.24) is 10.2 Å². The number of rotatable bonds is 3. The molecule has 0 aliphatic carbocycles. The first-order chi connectivity index (χ1) is 7.25. The van der Waals surface area contributed by atoms with E-state index in [0.717, 1.165) is 5.56 Å². The Kier molecular flexibility index (Phi) is 3.02. The van der Waals surface area contributed by atoms with Crippen LogP contribution in [-0.2, 0) is 6.42 Å². The molecule has 1 unspecified atom stereocenters. The molecule has 0 aliphatic rings. The quantitative estimate of drug-likeness (QED) is 0.750. The summed E-state index contributed by atoms with van der Waals surface area (Å²) in [6.07, 6.45) is 0.650. The fourth-order valence-corrected chi connectivity index (χ4v) is 1.36. The van der Waals surface area contributed by atoms with Crippen LogP contribution >= 0.6 is 11.6 Å². The van der Waals surface area contributed by atoms with Crippen LogP contribution in [-0.4, -0.2) is 10.2 Å². The van der Waals surface area contributed by atoms with E-state index in [2.05, 4.69) is 10.2 Å². The standard InChI is InChI=1S/C11H11ClN2O/c1-8(12)11-14-13-10(15-11)7-9-5-3-2-4-6-9/h2-6,8H,7H2,1H3. The highest BCUT2D eigenvalue weighted by atomic mass is 35.5. The van der Waals surface area contributed by atoms with Gasteiger partial charge in [0.2, 0.25) is 11.8 Å². The van der Waals surface area contributed by atoms with Gasteiger partial charge in [-0.1, -0.05) is 30.3 Å². The van der Waals surface area contributed by atoms with Crippen LogP contribution in [0.4, 0.5) is 0 Å². The molecule has 1 aromatic heterocycles. The zero-order valence-corrected chi connectivity index (χ0v) is 9.11. The van der Waals surface area contributed by atoms with Crippen molar-refractivity contribution in [2.45, 2.75) is 18.7 Å². The van der Waals surface area contributed by atoms with E-state index >= 15 is 0 Å². The van der Waals surface area contributed by atoms with E-state index in [1.54, 1.807) is 6.92 Å². The highest BCUT2D eigenvalue weighted by Crippen LogP contribution is 2.18. The predicted octanol–water partition coefficient (Wildman–Crippen LogP) is 2.96. The first-order valence-electron chi connectivity index (χ1n) is 4.76. The van der Waals surface area contributed by atoms with Crippen molar-refractivity contribution in [2.24, 2.45) is 0 Å². The smallest absolute Gasteiger partial charge is 0.234 e. The molecule has 0 aliphatic heterocycles. The summed E-state index contributed by atoms with van der Waals surface area (Å²) in [6.45, 7) is 1.81. The Morgan fingerprint density at radius 1 is 1.27 bits per heavy atom. The highest BCUT2D eigenvalue weighted by molar-refractivity contribution is 6.20. The minimum atomic E-state index is -0.234. The fourth-order valence-electron chi connectivity index (χ4n) is 1.27. The molecule has 2 aromatic rings. The lowest BCUT2D eigenvalue weighted by molar-refractivity contribution is 0.458. The molecule has 78 valence electrons. The summed E-state index contributed by atoms with van der Waals surface area (Å²) in [7, 11) is 0. The van der Waals surface area contributed by atoms with Crippen molar-refractivity contribution in [3.63, 3.8) is 0 Å². The molecular weight excluding hydrogens is 212 g/mol. The summed E-state index contributed by atoms with van der Waals surface area (Å²) in [6, 6.07) is 9.99. The Bertz CT molecular complexity index is 425. The van der Waals surface area contributed by atoms with Crippen LogP contribution in [0, 0.1) is 0 Å². The number of hydrogen-bond donors (Lipinski definition) is 0. The van der Waals surface area contributed by atoms with Crippen LogP contribution in [0.3, 0.4) is 0 Å². The van der Waals surface area contributed by atoms with Gasteiger partial charge in [0.25, 0.3) is 0 Å². The van der Waals surface area contributed by atoms with Gasteiger partial charge in [-0.15, -0.1) is 21.8 Å². The van der Waals surface area contributed by atoms with Gasteiger partial charge in [-0.3, -0.25) is 0 Å². The van der Waals surface area contributed by atoms with E-state index in [9.17, 15) is 0 Å². The lowest BCUT2D eigenvalue weighted by atomic mass is 10.2. The molecule has 0 saturated heterocycles. The molecule has 2 rings (SSSR count). The van der Waals surface area contributed by atoms with Gasteiger partial charge in [0, 0.05) is 0 Å². The number of nitrogens with zero attached hydrogens (tertiary/aromatic N) is 2. The van der Waals surface area contributed by atoms with Gasteiger partial charge in [-0.25, -0.2) is 0 Å².